The summed E-state index contributed by atoms with van der Waals surface area (Å²) in [4.78, 5) is 4.35. The van der Waals surface area contributed by atoms with E-state index in [9.17, 15) is 0 Å². The summed E-state index contributed by atoms with van der Waals surface area (Å²) < 4.78 is 10.7. The first-order valence-electron chi connectivity index (χ1n) is 5.29. The summed E-state index contributed by atoms with van der Waals surface area (Å²) in [7, 11) is 0. The lowest BCUT2D eigenvalue weighted by Gasteiger charge is -2.15. The Bertz CT molecular complexity index is 329. The molecule has 0 radical (unpaired) electrons. The Kier molecular flexibility index (Phi) is 2.75. The van der Waals surface area contributed by atoms with Gasteiger partial charge in [0.1, 0.15) is 6.10 Å². The highest BCUT2D eigenvalue weighted by molar-refractivity contribution is 5.03. The van der Waals surface area contributed by atoms with Crippen molar-refractivity contribution < 1.29 is 9.26 Å². The van der Waals surface area contributed by atoms with Crippen LogP contribution < -0.4 is 5.73 Å². The summed E-state index contributed by atoms with van der Waals surface area (Å²) in [5, 5.41) is 3.95. The summed E-state index contributed by atoms with van der Waals surface area (Å²) in [6.07, 6.45) is 2.05. The van der Waals surface area contributed by atoms with Gasteiger partial charge in [0.2, 0.25) is 11.7 Å². The lowest BCUT2D eigenvalue weighted by atomic mass is 9.94. The largest absolute Gasteiger partial charge is 0.370 e. The molecule has 1 aliphatic heterocycles. The van der Waals surface area contributed by atoms with E-state index in [0.29, 0.717) is 18.3 Å². The predicted octanol–water partition coefficient (Wildman–Crippen LogP) is 1.16. The molecule has 1 fully saturated rings. The third-order valence-corrected chi connectivity index (χ3v) is 2.75. The molecule has 1 aliphatic rings. The molecule has 1 aromatic heterocycles. The number of nitrogens with zero attached hydrogens (tertiary/aromatic N) is 2. The lowest BCUT2D eigenvalue weighted by Crippen LogP contribution is -2.28. The van der Waals surface area contributed by atoms with Crippen LogP contribution in [-0.4, -0.2) is 23.3 Å². The first kappa shape index (κ1) is 10.6. The molecule has 84 valence electrons. The van der Waals surface area contributed by atoms with Crippen LogP contribution in [0.15, 0.2) is 4.52 Å². The van der Waals surface area contributed by atoms with E-state index in [2.05, 4.69) is 10.1 Å². The van der Waals surface area contributed by atoms with Gasteiger partial charge in [-0.15, -0.1) is 0 Å². The molecule has 0 spiro atoms. The average molecular weight is 211 g/mol. The molecule has 1 aromatic rings. The molecule has 0 amide bonds. The SMILES string of the molecule is CC(C)(CN)c1nc(C2CCCO2)no1. The fourth-order valence-electron chi connectivity index (χ4n) is 1.51. The topological polar surface area (TPSA) is 74.2 Å². The summed E-state index contributed by atoms with van der Waals surface area (Å²) in [5.41, 5.74) is 5.38. The quantitative estimate of drug-likeness (QED) is 0.812. The Labute approximate surface area is 89.0 Å². The van der Waals surface area contributed by atoms with Gasteiger partial charge in [0.15, 0.2) is 0 Å². The highest BCUT2D eigenvalue weighted by atomic mass is 16.5. The number of aromatic nitrogens is 2. The number of ether oxygens (including phenoxy) is 1. The lowest BCUT2D eigenvalue weighted by molar-refractivity contribution is 0.103. The van der Waals surface area contributed by atoms with E-state index < -0.39 is 0 Å². The van der Waals surface area contributed by atoms with Crippen LogP contribution in [0, 0.1) is 0 Å². The zero-order chi connectivity index (χ0) is 10.9. The Morgan fingerprint density at radius 3 is 2.93 bits per heavy atom. The second-order valence-corrected chi connectivity index (χ2v) is 4.55. The van der Waals surface area contributed by atoms with Crippen molar-refractivity contribution in [1.29, 1.82) is 0 Å². The standard InChI is InChI=1S/C10H17N3O2/c1-10(2,6-11)9-12-8(13-15-9)7-4-3-5-14-7/h7H,3-6,11H2,1-2H3. The zero-order valence-corrected chi connectivity index (χ0v) is 9.19. The van der Waals surface area contributed by atoms with Crippen LogP contribution in [0.4, 0.5) is 0 Å². The molecule has 2 rings (SSSR count). The van der Waals surface area contributed by atoms with Gasteiger partial charge in [0, 0.05) is 13.2 Å². The second-order valence-electron chi connectivity index (χ2n) is 4.55. The van der Waals surface area contributed by atoms with E-state index in [1.165, 1.54) is 0 Å². The van der Waals surface area contributed by atoms with Gasteiger partial charge >= 0.3 is 0 Å². The average Bonchev–Trinajstić information content (AvgIpc) is 2.88. The Morgan fingerprint density at radius 2 is 2.33 bits per heavy atom. The second kappa shape index (κ2) is 3.90. The molecular weight excluding hydrogens is 194 g/mol. The van der Waals surface area contributed by atoms with E-state index in [1.807, 2.05) is 13.8 Å². The van der Waals surface area contributed by atoms with Gasteiger partial charge in [0.05, 0.1) is 5.41 Å². The zero-order valence-electron chi connectivity index (χ0n) is 9.19. The summed E-state index contributed by atoms with van der Waals surface area (Å²) >= 11 is 0. The maximum Gasteiger partial charge on any atom is 0.233 e. The smallest absolute Gasteiger partial charge is 0.233 e. The van der Waals surface area contributed by atoms with Crippen molar-refractivity contribution in [2.75, 3.05) is 13.2 Å². The molecule has 5 heteroatoms. The summed E-state index contributed by atoms with van der Waals surface area (Å²) in [6, 6.07) is 0. The van der Waals surface area contributed by atoms with E-state index in [-0.39, 0.29) is 11.5 Å². The van der Waals surface area contributed by atoms with Gasteiger partial charge in [-0.25, -0.2) is 0 Å². The van der Waals surface area contributed by atoms with Crippen LogP contribution in [0.2, 0.25) is 0 Å². The van der Waals surface area contributed by atoms with Gasteiger partial charge in [0.25, 0.3) is 0 Å². The highest BCUT2D eigenvalue weighted by Crippen LogP contribution is 2.28. The minimum absolute atomic E-state index is 0.0103. The van der Waals surface area contributed by atoms with Crippen LogP contribution in [0.1, 0.15) is 44.5 Å². The van der Waals surface area contributed by atoms with Crippen molar-refractivity contribution in [2.45, 2.75) is 38.2 Å². The van der Waals surface area contributed by atoms with Gasteiger partial charge in [-0.3, -0.25) is 0 Å². The molecule has 1 saturated heterocycles. The van der Waals surface area contributed by atoms with Crippen LogP contribution in [0.5, 0.6) is 0 Å². The molecular formula is C10H17N3O2. The number of rotatable bonds is 3. The molecule has 2 heterocycles. The van der Waals surface area contributed by atoms with Crippen LogP contribution in [0.3, 0.4) is 0 Å². The molecule has 15 heavy (non-hydrogen) atoms. The minimum Gasteiger partial charge on any atom is -0.370 e. The maximum atomic E-state index is 5.64. The Hall–Kier alpha value is -0.940. The molecule has 0 aliphatic carbocycles. The number of hydrogen-bond acceptors (Lipinski definition) is 5. The van der Waals surface area contributed by atoms with Gasteiger partial charge < -0.3 is 15.0 Å². The first-order chi connectivity index (χ1) is 7.13. The molecule has 0 bridgehead atoms. The monoisotopic (exact) mass is 211 g/mol. The predicted molar refractivity (Wildman–Crippen MR) is 54.3 cm³/mol. The van der Waals surface area contributed by atoms with E-state index in [0.717, 1.165) is 19.4 Å². The van der Waals surface area contributed by atoms with Crippen molar-refractivity contribution >= 4 is 0 Å². The number of nitrogens with two attached hydrogens (primary N) is 1. The molecule has 0 aromatic carbocycles. The first-order valence-corrected chi connectivity index (χ1v) is 5.29. The van der Waals surface area contributed by atoms with Crippen molar-refractivity contribution in [2.24, 2.45) is 5.73 Å². The minimum atomic E-state index is -0.260. The normalized spacial score (nSPS) is 22.2. The van der Waals surface area contributed by atoms with E-state index in [1.54, 1.807) is 0 Å². The molecule has 0 saturated carbocycles. The van der Waals surface area contributed by atoms with Crippen molar-refractivity contribution in [3.05, 3.63) is 11.7 Å². The molecule has 1 atom stereocenters. The summed E-state index contributed by atoms with van der Waals surface area (Å²) in [5.74, 6) is 1.25. The Morgan fingerprint density at radius 1 is 1.53 bits per heavy atom. The van der Waals surface area contributed by atoms with Crippen LogP contribution >= 0.6 is 0 Å². The fraction of sp³-hybridized carbons (Fsp3) is 0.800. The molecule has 2 N–H and O–H groups in total. The molecule has 1 unspecified atom stereocenters. The van der Waals surface area contributed by atoms with Crippen molar-refractivity contribution in [1.82, 2.24) is 10.1 Å². The van der Waals surface area contributed by atoms with Crippen LogP contribution in [-0.2, 0) is 10.2 Å². The van der Waals surface area contributed by atoms with E-state index in [4.69, 9.17) is 15.0 Å². The van der Waals surface area contributed by atoms with Crippen molar-refractivity contribution in [3.63, 3.8) is 0 Å². The highest BCUT2D eigenvalue weighted by Gasteiger charge is 2.29. The van der Waals surface area contributed by atoms with Crippen molar-refractivity contribution in [3.8, 4) is 0 Å². The fourth-order valence-corrected chi connectivity index (χ4v) is 1.51. The third kappa shape index (κ3) is 2.03. The third-order valence-electron chi connectivity index (χ3n) is 2.75. The molecule has 5 nitrogen and oxygen atoms in total. The Balaban J connectivity index is 2.16. The van der Waals surface area contributed by atoms with E-state index >= 15 is 0 Å². The number of hydrogen-bond donors (Lipinski definition) is 1. The van der Waals surface area contributed by atoms with Crippen LogP contribution in [0.25, 0.3) is 0 Å². The summed E-state index contributed by atoms with van der Waals surface area (Å²) in [6.45, 7) is 5.24. The van der Waals surface area contributed by atoms with Gasteiger partial charge in [-0.2, -0.15) is 4.98 Å². The van der Waals surface area contributed by atoms with Gasteiger partial charge in [-0.05, 0) is 26.7 Å². The van der Waals surface area contributed by atoms with Gasteiger partial charge in [-0.1, -0.05) is 5.16 Å². The maximum absolute atomic E-state index is 5.64.